The number of carbonyl (C=O) groups is 1. The van der Waals surface area contributed by atoms with Gasteiger partial charge in [0.05, 0.1) is 17.8 Å². The first-order valence-corrected chi connectivity index (χ1v) is 10.2. The third-order valence-corrected chi connectivity index (χ3v) is 5.08. The van der Waals surface area contributed by atoms with Crippen LogP contribution in [-0.2, 0) is 11.4 Å². The summed E-state index contributed by atoms with van der Waals surface area (Å²) in [6, 6.07) is 10.5. The predicted octanol–water partition coefficient (Wildman–Crippen LogP) is 3.65. The molecule has 11 heteroatoms. The van der Waals surface area contributed by atoms with Gasteiger partial charge in [-0.15, -0.1) is 5.10 Å². The van der Waals surface area contributed by atoms with Crippen molar-refractivity contribution in [3.8, 4) is 11.5 Å². The standard InChI is InChI=1S/C20H21N5O5S/c1-12-4-6-14(7-5-12)30-10-18-22-20(24-23-18)31-11-19(26)21-15-9-17(29-3)16(25(27)28)8-13(15)2/h4-9H,10-11H2,1-3H3,(H,21,26)(H,22,23,24). The highest BCUT2D eigenvalue weighted by molar-refractivity contribution is 7.99. The van der Waals surface area contributed by atoms with E-state index >= 15 is 0 Å². The minimum absolute atomic E-state index is 0.0643. The number of benzene rings is 2. The molecule has 0 aliphatic heterocycles. The van der Waals surface area contributed by atoms with Crippen LogP contribution in [0.4, 0.5) is 11.4 Å². The molecule has 0 unspecified atom stereocenters. The van der Waals surface area contributed by atoms with Crippen molar-refractivity contribution < 1.29 is 19.2 Å². The Hall–Kier alpha value is -3.60. The number of ether oxygens (including phenoxy) is 2. The molecule has 0 radical (unpaired) electrons. The number of aromatic nitrogens is 3. The molecule has 162 valence electrons. The van der Waals surface area contributed by atoms with Gasteiger partial charge in [0, 0.05) is 17.8 Å². The normalized spacial score (nSPS) is 10.5. The van der Waals surface area contributed by atoms with Gasteiger partial charge in [-0.2, -0.15) is 0 Å². The van der Waals surface area contributed by atoms with Crippen LogP contribution in [-0.4, -0.2) is 38.9 Å². The SMILES string of the molecule is COc1cc(NC(=O)CSc2n[nH]c(COc3ccc(C)cc3)n2)c(C)cc1[N+](=O)[O-]. The van der Waals surface area contributed by atoms with Crippen molar-refractivity contribution in [2.75, 3.05) is 18.2 Å². The van der Waals surface area contributed by atoms with Crippen LogP contribution in [0.5, 0.6) is 11.5 Å². The molecule has 0 saturated carbocycles. The number of hydrogen-bond donors (Lipinski definition) is 2. The Kier molecular flexibility index (Phi) is 7.08. The van der Waals surface area contributed by atoms with Crippen LogP contribution in [0.3, 0.4) is 0 Å². The van der Waals surface area contributed by atoms with E-state index in [1.807, 2.05) is 31.2 Å². The van der Waals surface area contributed by atoms with Crippen LogP contribution in [0.2, 0.25) is 0 Å². The summed E-state index contributed by atoms with van der Waals surface area (Å²) in [5.41, 5.74) is 1.98. The number of nitrogens with zero attached hydrogens (tertiary/aromatic N) is 3. The molecule has 0 spiro atoms. The minimum Gasteiger partial charge on any atom is -0.490 e. The summed E-state index contributed by atoms with van der Waals surface area (Å²) >= 11 is 1.16. The van der Waals surface area contributed by atoms with E-state index in [0.29, 0.717) is 22.2 Å². The molecular weight excluding hydrogens is 422 g/mol. The van der Waals surface area contributed by atoms with E-state index in [1.54, 1.807) is 6.92 Å². The summed E-state index contributed by atoms with van der Waals surface area (Å²) in [6.45, 7) is 3.90. The maximum absolute atomic E-state index is 12.3. The number of methoxy groups -OCH3 is 1. The number of thioether (sulfide) groups is 1. The summed E-state index contributed by atoms with van der Waals surface area (Å²) in [6.07, 6.45) is 0. The first-order valence-electron chi connectivity index (χ1n) is 9.22. The first kappa shape index (κ1) is 22.1. The zero-order valence-corrected chi connectivity index (χ0v) is 18.0. The average molecular weight is 443 g/mol. The zero-order chi connectivity index (χ0) is 22.4. The summed E-state index contributed by atoms with van der Waals surface area (Å²) in [4.78, 5) is 27.1. The zero-order valence-electron chi connectivity index (χ0n) is 17.2. The molecule has 2 aromatic carbocycles. The molecule has 0 aliphatic rings. The highest BCUT2D eigenvalue weighted by atomic mass is 32.2. The molecule has 0 aliphatic carbocycles. The summed E-state index contributed by atoms with van der Waals surface area (Å²) < 4.78 is 10.7. The molecule has 0 saturated heterocycles. The van der Waals surface area contributed by atoms with Crippen molar-refractivity contribution in [3.63, 3.8) is 0 Å². The molecule has 3 rings (SSSR count). The lowest BCUT2D eigenvalue weighted by molar-refractivity contribution is -0.385. The predicted molar refractivity (Wildman–Crippen MR) is 116 cm³/mol. The van der Waals surface area contributed by atoms with E-state index in [-0.39, 0.29) is 29.7 Å². The number of aromatic amines is 1. The van der Waals surface area contributed by atoms with Crippen molar-refractivity contribution in [1.82, 2.24) is 15.2 Å². The summed E-state index contributed by atoms with van der Waals surface area (Å²) in [5, 5.41) is 21.1. The Balaban J connectivity index is 1.53. The minimum atomic E-state index is -0.531. The maximum atomic E-state index is 12.3. The van der Waals surface area contributed by atoms with Gasteiger partial charge < -0.3 is 14.8 Å². The molecule has 1 aromatic heterocycles. The lowest BCUT2D eigenvalue weighted by atomic mass is 10.1. The smallest absolute Gasteiger partial charge is 0.311 e. The van der Waals surface area contributed by atoms with Gasteiger partial charge in [0.2, 0.25) is 11.1 Å². The quantitative estimate of drug-likeness (QED) is 0.291. The Labute approximate surface area is 182 Å². The number of nitro benzene ring substituents is 1. The highest BCUT2D eigenvalue weighted by Crippen LogP contribution is 2.32. The van der Waals surface area contributed by atoms with Crippen LogP contribution in [0.25, 0.3) is 0 Å². The average Bonchev–Trinajstić information content (AvgIpc) is 3.21. The number of H-pyrrole nitrogens is 1. The van der Waals surface area contributed by atoms with E-state index in [9.17, 15) is 14.9 Å². The van der Waals surface area contributed by atoms with Gasteiger partial charge >= 0.3 is 5.69 Å². The van der Waals surface area contributed by atoms with E-state index < -0.39 is 4.92 Å². The Morgan fingerprint density at radius 3 is 2.68 bits per heavy atom. The van der Waals surface area contributed by atoms with E-state index in [1.165, 1.54) is 19.2 Å². The number of amides is 1. The van der Waals surface area contributed by atoms with Crippen molar-refractivity contribution in [1.29, 1.82) is 0 Å². The van der Waals surface area contributed by atoms with Crippen LogP contribution in [0.1, 0.15) is 17.0 Å². The largest absolute Gasteiger partial charge is 0.490 e. The van der Waals surface area contributed by atoms with Gasteiger partial charge in [0.1, 0.15) is 12.4 Å². The number of nitrogens with one attached hydrogen (secondary N) is 2. The molecule has 1 heterocycles. The van der Waals surface area contributed by atoms with Crippen LogP contribution in [0, 0.1) is 24.0 Å². The number of carbonyl (C=O) groups excluding carboxylic acids is 1. The van der Waals surface area contributed by atoms with Crippen molar-refractivity contribution in [2.24, 2.45) is 0 Å². The Morgan fingerprint density at radius 2 is 2.00 bits per heavy atom. The second kappa shape index (κ2) is 9.94. The maximum Gasteiger partial charge on any atom is 0.311 e. The second-order valence-corrected chi connectivity index (χ2v) is 7.54. The van der Waals surface area contributed by atoms with Gasteiger partial charge in [0.15, 0.2) is 11.6 Å². The molecule has 2 N–H and O–H groups in total. The molecule has 1 amide bonds. The fourth-order valence-corrected chi connectivity index (χ4v) is 3.24. The van der Waals surface area contributed by atoms with Gasteiger partial charge in [-0.05, 0) is 31.5 Å². The van der Waals surface area contributed by atoms with Crippen LogP contribution in [0.15, 0.2) is 41.6 Å². The van der Waals surface area contributed by atoms with E-state index in [4.69, 9.17) is 9.47 Å². The molecular formula is C20H21N5O5S. The van der Waals surface area contributed by atoms with Crippen molar-refractivity contribution >= 4 is 29.0 Å². The molecule has 0 bridgehead atoms. The summed E-state index contributed by atoms with van der Waals surface area (Å²) in [5.74, 6) is 1.11. The lowest BCUT2D eigenvalue weighted by Gasteiger charge is -2.10. The molecule has 3 aromatic rings. The van der Waals surface area contributed by atoms with E-state index in [2.05, 4.69) is 20.5 Å². The number of aryl methyl sites for hydroxylation is 2. The fraction of sp³-hybridized carbons (Fsp3) is 0.250. The van der Waals surface area contributed by atoms with Crippen LogP contribution < -0.4 is 14.8 Å². The number of anilines is 1. The number of hydrogen-bond acceptors (Lipinski definition) is 8. The molecule has 31 heavy (non-hydrogen) atoms. The Bertz CT molecular complexity index is 1080. The van der Waals surface area contributed by atoms with Gasteiger partial charge in [-0.25, -0.2) is 4.98 Å². The number of rotatable bonds is 9. The third-order valence-electron chi connectivity index (χ3n) is 4.24. The van der Waals surface area contributed by atoms with E-state index in [0.717, 1.165) is 23.1 Å². The second-order valence-electron chi connectivity index (χ2n) is 6.60. The third kappa shape index (κ3) is 5.95. The fourth-order valence-electron chi connectivity index (χ4n) is 2.62. The monoisotopic (exact) mass is 443 g/mol. The lowest BCUT2D eigenvalue weighted by Crippen LogP contribution is -2.15. The van der Waals surface area contributed by atoms with Gasteiger partial charge in [0.25, 0.3) is 0 Å². The first-order chi connectivity index (χ1) is 14.9. The summed E-state index contributed by atoms with van der Waals surface area (Å²) in [7, 11) is 1.34. The molecule has 0 atom stereocenters. The van der Waals surface area contributed by atoms with Crippen LogP contribution >= 0.6 is 11.8 Å². The number of nitro groups is 1. The molecule has 10 nitrogen and oxygen atoms in total. The van der Waals surface area contributed by atoms with Crippen molar-refractivity contribution in [3.05, 3.63) is 63.5 Å². The molecule has 0 fully saturated rings. The van der Waals surface area contributed by atoms with Gasteiger partial charge in [-0.1, -0.05) is 29.5 Å². The van der Waals surface area contributed by atoms with Gasteiger partial charge in [-0.3, -0.25) is 20.0 Å². The Morgan fingerprint density at radius 1 is 1.26 bits per heavy atom. The highest BCUT2D eigenvalue weighted by Gasteiger charge is 2.18. The topological polar surface area (TPSA) is 132 Å². The van der Waals surface area contributed by atoms with Crippen molar-refractivity contribution in [2.45, 2.75) is 25.6 Å².